The van der Waals surface area contributed by atoms with Gasteiger partial charge in [0.25, 0.3) is 0 Å². The molecular weight excluding hydrogens is 470 g/mol. The Morgan fingerprint density at radius 3 is 2.54 bits per heavy atom. The first kappa shape index (κ1) is 25.9. The summed E-state index contributed by atoms with van der Waals surface area (Å²) in [5.74, 6) is 1.84. The van der Waals surface area contributed by atoms with E-state index in [1.165, 1.54) is 12.4 Å². The molecule has 192 valence electrons. The predicted molar refractivity (Wildman–Crippen MR) is 141 cm³/mol. The van der Waals surface area contributed by atoms with Crippen molar-refractivity contribution in [3.8, 4) is 28.8 Å². The van der Waals surface area contributed by atoms with E-state index in [0.29, 0.717) is 42.4 Å². The van der Waals surface area contributed by atoms with Crippen LogP contribution in [0.4, 0.5) is 5.82 Å². The van der Waals surface area contributed by atoms with Crippen LogP contribution in [0.15, 0.2) is 55.1 Å². The first-order chi connectivity index (χ1) is 17.6. The van der Waals surface area contributed by atoms with Crippen molar-refractivity contribution in [2.75, 3.05) is 31.7 Å². The van der Waals surface area contributed by atoms with E-state index in [-0.39, 0.29) is 17.7 Å². The molecule has 0 aliphatic carbocycles. The van der Waals surface area contributed by atoms with E-state index in [1.807, 2.05) is 24.3 Å². The van der Waals surface area contributed by atoms with E-state index in [1.54, 1.807) is 39.4 Å². The standard InChI is InChI=1S/C27H31N7O3/c1-26(2,35)17-37-21-8-22(25(33-14-21)20(10-28)11-29)19-5-6-23(31-13-19)34-15-27(30,16-34)9-18-4-7-24(36-3)32-12-18/h4-8,10,12-14,35H,9,15-17,28,30H2,1-3H3. The number of allylic oxidation sites excluding steroid dienone is 1. The molecule has 10 nitrogen and oxygen atoms in total. The van der Waals surface area contributed by atoms with Crippen molar-refractivity contribution in [1.82, 2.24) is 15.0 Å². The topological polar surface area (TPSA) is 156 Å². The minimum absolute atomic E-state index is 0.0882. The molecule has 0 amide bonds. The summed E-state index contributed by atoms with van der Waals surface area (Å²) < 4.78 is 10.8. The maximum Gasteiger partial charge on any atom is 0.212 e. The lowest BCUT2D eigenvalue weighted by atomic mass is 9.85. The third-order valence-corrected chi connectivity index (χ3v) is 5.95. The molecule has 1 aliphatic rings. The lowest BCUT2D eigenvalue weighted by molar-refractivity contribution is 0.0284. The Labute approximate surface area is 216 Å². The zero-order valence-corrected chi connectivity index (χ0v) is 21.2. The van der Waals surface area contributed by atoms with Gasteiger partial charge in [0.2, 0.25) is 5.88 Å². The highest BCUT2D eigenvalue weighted by Crippen LogP contribution is 2.33. The Balaban J connectivity index is 1.50. The highest BCUT2D eigenvalue weighted by Gasteiger charge is 2.40. The molecule has 10 heteroatoms. The molecule has 3 aromatic rings. The highest BCUT2D eigenvalue weighted by atomic mass is 16.5. The summed E-state index contributed by atoms with van der Waals surface area (Å²) in [5.41, 5.74) is 14.0. The monoisotopic (exact) mass is 501 g/mol. The third-order valence-electron chi connectivity index (χ3n) is 5.95. The summed E-state index contributed by atoms with van der Waals surface area (Å²) >= 11 is 0. The largest absolute Gasteiger partial charge is 0.489 e. The van der Waals surface area contributed by atoms with Gasteiger partial charge in [0.15, 0.2) is 0 Å². The fourth-order valence-corrected chi connectivity index (χ4v) is 4.15. The minimum Gasteiger partial charge on any atom is -0.489 e. The molecule has 4 rings (SSSR count). The second-order valence-electron chi connectivity index (χ2n) is 9.87. The second-order valence-corrected chi connectivity index (χ2v) is 9.87. The van der Waals surface area contributed by atoms with Gasteiger partial charge in [-0.2, -0.15) is 5.26 Å². The van der Waals surface area contributed by atoms with Gasteiger partial charge in [-0.1, -0.05) is 6.07 Å². The fourth-order valence-electron chi connectivity index (χ4n) is 4.15. The van der Waals surface area contributed by atoms with Crippen molar-refractivity contribution in [3.05, 3.63) is 66.4 Å². The molecule has 3 aromatic heterocycles. The van der Waals surface area contributed by atoms with Crippen molar-refractivity contribution in [2.24, 2.45) is 11.5 Å². The lowest BCUT2D eigenvalue weighted by Crippen LogP contribution is -2.68. The van der Waals surface area contributed by atoms with Crippen molar-refractivity contribution < 1.29 is 14.6 Å². The first-order valence-electron chi connectivity index (χ1n) is 11.8. The Hall–Kier alpha value is -4.20. The number of rotatable bonds is 9. The molecule has 1 fully saturated rings. The van der Waals surface area contributed by atoms with Crippen LogP contribution in [0.1, 0.15) is 25.1 Å². The molecule has 37 heavy (non-hydrogen) atoms. The Morgan fingerprint density at radius 1 is 1.19 bits per heavy atom. The minimum atomic E-state index is -1.00. The smallest absolute Gasteiger partial charge is 0.212 e. The number of anilines is 1. The summed E-state index contributed by atoms with van der Waals surface area (Å²) in [5, 5.41) is 19.5. The Morgan fingerprint density at radius 2 is 1.97 bits per heavy atom. The Bertz CT molecular complexity index is 1300. The van der Waals surface area contributed by atoms with Crippen LogP contribution in [-0.4, -0.2) is 58.0 Å². The molecule has 0 atom stereocenters. The van der Waals surface area contributed by atoms with E-state index in [2.05, 4.69) is 25.9 Å². The van der Waals surface area contributed by atoms with Gasteiger partial charge in [-0.25, -0.2) is 9.97 Å². The predicted octanol–water partition coefficient (Wildman–Crippen LogP) is 2.28. The SMILES string of the molecule is COc1ccc(CC2(N)CN(c3ccc(-c4cc(OCC(C)(C)O)cnc4C(C#N)=CN)cn3)C2)cn1. The van der Waals surface area contributed by atoms with E-state index >= 15 is 0 Å². The molecule has 1 saturated heterocycles. The zero-order valence-electron chi connectivity index (χ0n) is 21.2. The van der Waals surface area contributed by atoms with Crippen LogP contribution >= 0.6 is 0 Å². The molecule has 0 radical (unpaired) electrons. The average Bonchev–Trinajstić information content (AvgIpc) is 2.87. The van der Waals surface area contributed by atoms with Crippen molar-refractivity contribution >= 4 is 11.4 Å². The van der Waals surface area contributed by atoms with Crippen LogP contribution in [0.5, 0.6) is 11.6 Å². The summed E-state index contributed by atoms with van der Waals surface area (Å²) in [7, 11) is 1.59. The number of ether oxygens (including phenoxy) is 2. The number of nitrogens with zero attached hydrogens (tertiary/aromatic N) is 5. The highest BCUT2D eigenvalue weighted by molar-refractivity contribution is 5.85. The van der Waals surface area contributed by atoms with Gasteiger partial charge in [0.05, 0.1) is 35.7 Å². The number of methoxy groups -OCH3 is 1. The normalized spacial score (nSPS) is 15.0. The van der Waals surface area contributed by atoms with Gasteiger partial charge in [-0.05, 0) is 44.0 Å². The first-order valence-corrected chi connectivity index (χ1v) is 11.8. The number of hydrogen-bond donors (Lipinski definition) is 3. The summed E-state index contributed by atoms with van der Waals surface area (Å²) in [4.78, 5) is 15.4. The van der Waals surface area contributed by atoms with Gasteiger partial charge >= 0.3 is 0 Å². The zero-order chi connectivity index (χ0) is 26.6. The van der Waals surface area contributed by atoms with E-state index in [0.717, 1.165) is 16.9 Å². The van der Waals surface area contributed by atoms with Crippen molar-refractivity contribution in [1.29, 1.82) is 5.26 Å². The number of nitriles is 1. The van der Waals surface area contributed by atoms with Crippen LogP contribution < -0.4 is 25.8 Å². The molecule has 0 spiro atoms. The number of pyridine rings is 3. The molecule has 5 N–H and O–H groups in total. The van der Waals surface area contributed by atoms with Gasteiger partial charge in [-0.15, -0.1) is 0 Å². The van der Waals surface area contributed by atoms with E-state index in [4.69, 9.17) is 20.9 Å². The number of aromatic nitrogens is 3. The van der Waals surface area contributed by atoms with Crippen LogP contribution in [0.2, 0.25) is 0 Å². The molecule has 1 aliphatic heterocycles. The van der Waals surface area contributed by atoms with Crippen molar-refractivity contribution in [2.45, 2.75) is 31.4 Å². The number of aliphatic hydroxyl groups is 1. The maximum absolute atomic E-state index is 9.99. The van der Waals surface area contributed by atoms with Crippen LogP contribution in [0.25, 0.3) is 16.7 Å². The molecule has 0 aromatic carbocycles. The van der Waals surface area contributed by atoms with E-state index < -0.39 is 5.60 Å². The van der Waals surface area contributed by atoms with Gasteiger partial charge in [-0.3, -0.25) is 4.98 Å². The van der Waals surface area contributed by atoms with Crippen LogP contribution in [0, 0.1) is 11.3 Å². The molecule has 0 bridgehead atoms. The molecule has 0 saturated carbocycles. The van der Waals surface area contributed by atoms with Gasteiger partial charge < -0.3 is 30.9 Å². The molecular formula is C27H31N7O3. The second kappa shape index (κ2) is 10.4. The van der Waals surface area contributed by atoms with Gasteiger partial charge in [0.1, 0.15) is 24.2 Å². The van der Waals surface area contributed by atoms with Gasteiger partial charge in [0, 0.05) is 48.9 Å². The third kappa shape index (κ3) is 6.14. The fraction of sp³-hybridized carbons (Fsp3) is 0.333. The number of nitrogens with two attached hydrogens (primary N) is 2. The number of hydrogen-bond acceptors (Lipinski definition) is 10. The summed E-state index contributed by atoms with van der Waals surface area (Å²) in [6, 6.07) is 11.5. The van der Waals surface area contributed by atoms with Crippen molar-refractivity contribution in [3.63, 3.8) is 0 Å². The molecule has 4 heterocycles. The average molecular weight is 502 g/mol. The van der Waals surface area contributed by atoms with Crippen LogP contribution in [-0.2, 0) is 6.42 Å². The van der Waals surface area contributed by atoms with Crippen LogP contribution in [0.3, 0.4) is 0 Å². The lowest BCUT2D eigenvalue weighted by Gasteiger charge is -2.48. The Kier molecular flexibility index (Phi) is 7.29. The summed E-state index contributed by atoms with van der Waals surface area (Å²) in [6.07, 6.45) is 6.95. The summed E-state index contributed by atoms with van der Waals surface area (Å²) in [6.45, 7) is 4.72. The van der Waals surface area contributed by atoms with E-state index in [9.17, 15) is 10.4 Å². The maximum atomic E-state index is 9.99. The quantitative estimate of drug-likeness (QED) is 0.372. The molecule has 0 unspecified atom stereocenters.